The molecule has 0 saturated carbocycles. The number of para-hydroxylation sites is 2. The van der Waals surface area contributed by atoms with Crippen molar-refractivity contribution in [2.24, 2.45) is 5.73 Å². The highest BCUT2D eigenvalue weighted by Gasteiger charge is 2.22. The molecule has 2 N–H and O–H groups in total. The van der Waals surface area contributed by atoms with Crippen LogP contribution < -0.4 is 29.6 Å². The van der Waals surface area contributed by atoms with Gasteiger partial charge in [0.25, 0.3) is 11.8 Å². The van der Waals surface area contributed by atoms with Crippen LogP contribution >= 0.6 is 0 Å². The number of primary amides is 1. The Balaban J connectivity index is 2.42. The van der Waals surface area contributed by atoms with Crippen molar-refractivity contribution in [1.82, 2.24) is 0 Å². The highest BCUT2D eigenvalue weighted by Crippen LogP contribution is 2.39. The van der Waals surface area contributed by atoms with Crippen molar-refractivity contribution >= 4 is 17.5 Å². The molecule has 8 nitrogen and oxygen atoms in total. The van der Waals surface area contributed by atoms with Crippen LogP contribution in [-0.2, 0) is 4.79 Å². The van der Waals surface area contributed by atoms with Crippen LogP contribution in [0.25, 0.3) is 0 Å². The summed E-state index contributed by atoms with van der Waals surface area (Å²) in [6.45, 7) is -0.346. The predicted molar refractivity (Wildman–Crippen MR) is 100.0 cm³/mol. The van der Waals surface area contributed by atoms with E-state index >= 15 is 0 Å². The van der Waals surface area contributed by atoms with E-state index in [9.17, 15) is 9.59 Å². The largest absolute Gasteiger partial charge is 0.495 e. The zero-order valence-corrected chi connectivity index (χ0v) is 15.6. The van der Waals surface area contributed by atoms with E-state index in [0.29, 0.717) is 17.0 Å². The second-order valence-electron chi connectivity index (χ2n) is 5.50. The number of ether oxygens (including phenoxy) is 4. The Morgan fingerprint density at radius 1 is 0.963 bits per heavy atom. The van der Waals surface area contributed by atoms with Gasteiger partial charge < -0.3 is 29.6 Å². The number of nitrogens with zero attached hydrogens (tertiary/aromatic N) is 1. The van der Waals surface area contributed by atoms with Crippen molar-refractivity contribution in [3.8, 4) is 23.0 Å². The molecule has 0 aliphatic carbocycles. The van der Waals surface area contributed by atoms with Crippen LogP contribution in [0.1, 0.15) is 10.4 Å². The third-order valence-electron chi connectivity index (χ3n) is 3.82. The molecule has 0 unspecified atom stereocenters. The monoisotopic (exact) mass is 374 g/mol. The minimum Gasteiger partial charge on any atom is -0.495 e. The lowest BCUT2D eigenvalue weighted by Crippen LogP contribution is -2.27. The molecule has 2 aromatic rings. The number of methoxy groups -OCH3 is 3. The van der Waals surface area contributed by atoms with Crippen molar-refractivity contribution in [3.63, 3.8) is 0 Å². The second-order valence-corrected chi connectivity index (χ2v) is 5.50. The van der Waals surface area contributed by atoms with Gasteiger partial charge in [-0.05, 0) is 24.3 Å². The summed E-state index contributed by atoms with van der Waals surface area (Å²) in [5.74, 6) is 0.288. The number of nitrogens with two attached hydrogens (primary N) is 1. The van der Waals surface area contributed by atoms with Gasteiger partial charge in [0.2, 0.25) is 5.75 Å². The summed E-state index contributed by atoms with van der Waals surface area (Å²) in [5.41, 5.74) is 6.03. The van der Waals surface area contributed by atoms with E-state index < -0.39 is 5.91 Å². The van der Waals surface area contributed by atoms with Gasteiger partial charge in [-0.15, -0.1) is 0 Å². The van der Waals surface area contributed by atoms with Crippen molar-refractivity contribution in [3.05, 3.63) is 42.0 Å². The maximum atomic E-state index is 13.0. The van der Waals surface area contributed by atoms with E-state index in [-0.39, 0.29) is 29.8 Å². The summed E-state index contributed by atoms with van der Waals surface area (Å²) in [6.07, 6.45) is 0. The van der Waals surface area contributed by atoms with E-state index in [1.54, 1.807) is 19.2 Å². The van der Waals surface area contributed by atoms with Crippen LogP contribution in [0.3, 0.4) is 0 Å². The number of carbonyl (C=O) groups excluding carboxylic acids is 2. The molecule has 0 spiro atoms. The third-order valence-corrected chi connectivity index (χ3v) is 3.82. The number of hydrogen-bond donors (Lipinski definition) is 1. The molecule has 2 amide bonds. The molecule has 0 atom stereocenters. The fraction of sp³-hybridized carbons (Fsp3) is 0.263. The van der Waals surface area contributed by atoms with Crippen molar-refractivity contribution < 1.29 is 28.5 Å². The van der Waals surface area contributed by atoms with E-state index in [1.807, 2.05) is 12.1 Å². The van der Waals surface area contributed by atoms with Crippen LogP contribution in [0.2, 0.25) is 0 Å². The van der Waals surface area contributed by atoms with E-state index in [0.717, 1.165) is 0 Å². The van der Waals surface area contributed by atoms with Gasteiger partial charge in [-0.3, -0.25) is 9.59 Å². The predicted octanol–water partition coefficient (Wildman–Crippen LogP) is 1.85. The van der Waals surface area contributed by atoms with Gasteiger partial charge in [-0.2, -0.15) is 0 Å². The first-order valence-electron chi connectivity index (χ1n) is 8.01. The molecule has 0 aliphatic heterocycles. The number of benzene rings is 2. The minimum absolute atomic E-state index is 0.190. The third kappa shape index (κ3) is 4.41. The minimum atomic E-state index is -0.643. The van der Waals surface area contributed by atoms with Gasteiger partial charge in [-0.1, -0.05) is 12.1 Å². The lowest BCUT2D eigenvalue weighted by Gasteiger charge is -2.21. The smallest absolute Gasteiger partial charge is 0.258 e. The Morgan fingerprint density at radius 2 is 1.52 bits per heavy atom. The van der Waals surface area contributed by atoms with Gasteiger partial charge >= 0.3 is 0 Å². The highest BCUT2D eigenvalue weighted by atomic mass is 16.5. The first-order chi connectivity index (χ1) is 12.9. The average molecular weight is 374 g/mol. The SMILES string of the molecule is COc1ccccc1N(C)C(=O)c1cc(OC)c(OCC(N)=O)c(OC)c1. The van der Waals surface area contributed by atoms with Crippen molar-refractivity contribution in [1.29, 1.82) is 0 Å². The normalized spacial score (nSPS) is 10.1. The summed E-state index contributed by atoms with van der Waals surface area (Å²) >= 11 is 0. The molecule has 0 aromatic heterocycles. The van der Waals surface area contributed by atoms with Crippen LogP contribution in [0.4, 0.5) is 5.69 Å². The van der Waals surface area contributed by atoms with Crippen LogP contribution in [0.15, 0.2) is 36.4 Å². The maximum Gasteiger partial charge on any atom is 0.258 e. The molecule has 0 heterocycles. The molecule has 2 rings (SSSR count). The standard InChI is InChI=1S/C19H22N2O6/c1-21(13-7-5-6-8-14(13)24-2)19(23)12-9-15(25-3)18(16(10-12)26-4)27-11-17(20)22/h5-10H,11H2,1-4H3,(H2,20,22). The van der Waals surface area contributed by atoms with Crippen LogP contribution in [0, 0.1) is 0 Å². The van der Waals surface area contributed by atoms with E-state index in [4.69, 9.17) is 24.7 Å². The molecule has 144 valence electrons. The summed E-state index contributed by atoms with van der Waals surface area (Å²) in [5, 5.41) is 0. The summed E-state index contributed by atoms with van der Waals surface area (Å²) in [7, 11) is 6.01. The topological polar surface area (TPSA) is 100 Å². The molecule has 0 fully saturated rings. The molecule has 0 saturated heterocycles. The quantitative estimate of drug-likeness (QED) is 0.757. The molecule has 27 heavy (non-hydrogen) atoms. The van der Waals surface area contributed by atoms with Crippen LogP contribution in [0.5, 0.6) is 23.0 Å². The zero-order chi connectivity index (χ0) is 20.0. The molecule has 0 aliphatic rings. The summed E-state index contributed by atoms with van der Waals surface area (Å²) < 4.78 is 21.2. The van der Waals surface area contributed by atoms with Gasteiger partial charge in [0.05, 0.1) is 27.0 Å². The Hall–Kier alpha value is -3.42. The average Bonchev–Trinajstić information content (AvgIpc) is 2.70. The number of rotatable bonds is 8. The molecule has 0 bridgehead atoms. The van der Waals surface area contributed by atoms with E-state index in [1.165, 1.54) is 38.4 Å². The Morgan fingerprint density at radius 3 is 2.04 bits per heavy atom. The van der Waals surface area contributed by atoms with Crippen LogP contribution in [-0.4, -0.2) is 46.8 Å². The number of anilines is 1. The molecular weight excluding hydrogens is 352 g/mol. The highest BCUT2D eigenvalue weighted by molar-refractivity contribution is 6.07. The lowest BCUT2D eigenvalue weighted by molar-refractivity contribution is -0.120. The fourth-order valence-electron chi connectivity index (χ4n) is 2.50. The number of amides is 2. The second kappa shape index (κ2) is 8.79. The maximum absolute atomic E-state index is 13.0. The Kier molecular flexibility index (Phi) is 6.48. The van der Waals surface area contributed by atoms with Gasteiger partial charge in [0.15, 0.2) is 18.1 Å². The lowest BCUT2D eigenvalue weighted by atomic mass is 10.1. The molecular formula is C19H22N2O6. The van der Waals surface area contributed by atoms with Gasteiger partial charge in [0.1, 0.15) is 5.75 Å². The molecule has 8 heteroatoms. The fourth-order valence-corrected chi connectivity index (χ4v) is 2.50. The Labute approximate surface area is 157 Å². The summed E-state index contributed by atoms with van der Waals surface area (Å²) in [6, 6.07) is 10.2. The first-order valence-corrected chi connectivity index (χ1v) is 8.01. The molecule has 0 radical (unpaired) electrons. The first kappa shape index (κ1) is 19.9. The Bertz CT molecular complexity index is 812. The molecule has 2 aromatic carbocycles. The zero-order valence-electron chi connectivity index (χ0n) is 15.6. The van der Waals surface area contributed by atoms with E-state index in [2.05, 4.69) is 0 Å². The van der Waals surface area contributed by atoms with Crippen molar-refractivity contribution in [2.75, 3.05) is 39.9 Å². The number of hydrogen-bond acceptors (Lipinski definition) is 6. The van der Waals surface area contributed by atoms with Gasteiger partial charge in [-0.25, -0.2) is 0 Å². The number of carbonyl (C=O) groups is 2. The van der Waals surface area contributed by atoms with Crippen molar-refractivity contribution in [2.45, 2.75) is 0 Å². The van der Waals surface area contributed by atoms with Gasteiger partial charge in [0, 0.05) is 12.6 Å². The summed E-state index contributed by atoms with van der Waals surface area (Å²) in [4.78, 5) is 25.4.